The van der Waals surface area contributed by atoms with Gasteiger partial charge in [0.25, 0.3) is 5.88 Å². The third-order valence-electron chi connectivity index (χ3n) is 3.57. The number of nitrogens with one attached hydrogen (secondary N) is 1. The maximum atomic E-state index is 11.7. The van der Waals surface area contributed by atoms with E-state index in [9.17, 15) is 4.79 Å². The van der Waals surface area contributed by atoms with Crippen molar-refractivity contribution in [3.05, 3.63) is 35.5 Å². The quantitative estimate of drug-likeness (QED) is 0.919. The van der Waals surface area contributed by atoms with E-state index in [1.54, 1.807) is 30.8 Å². The molecule has 2 aromatic rings. The Morgan fingerprint density at radius 3 is 2.50 bits per heavy atom. The van der Waals surface area contributed by atoms with Gasteiger partial charge >= 0.3 is 0 Å². The Hall–Kier alpha value is -2.50. The van der Waals surface area contributed by atoms with E-state index >= 15 is 0 Å². The lowest BCUT2D eigenvalue weighted by molar-refractivity contribution is -0.127. The van der Waals surface area contributed by atoms with Gasteiger partial charge in [-0.05, 0) is 24.6 Å². The molecule has 0 aliphatic carbocycles. The zero-order chi connectivity index (χ0) is 16.3. The number of amides is 1. The molecule has 1 amide bonds. The predicted molar refractivity (Wildman–Crippen MR) is 86.6 cm³/mol. The molecule has 2 rings (SSSR count). The number of hydrogen-bond donors (Lipinski definition) is 1. The first-order chi connectivity index (χ1) is 10.4. The Balaban J connectivity index is 2.13. The summed E-state index contributed by atoms with van der Waals surface area (Å²) in [4.78, 5) is 13.3. The molecular weight excluding hydrogens is 280 g/mol. The second kappa shape index (κ2) is 6.51. The highest BCUT2D eigenvalue weighted by atomic mass is 16.5. The summed E-state index contributed by atoms with van der Waals surface area (Å²) in [6.07, 6.45) is 0.405. The Kier molecular flexibility index (Phi) is 4.70. The second-order valence-electron chi connectivity index (χ2n) is 5.38. The minimum Gasteiger partial charge on any atom is -0.478 e. The summed E-state index contributed by atoms with van der Waals surface area (Å²) in [6.45, 7) is 1.97. The molecule has 0 atom stereocenters. The fraction of sp³-hybridized carbons (Fsp3) is 0.375. The normalized spacial score (nSPS) is 10.4. The average Bonchev–Trinajstić information content (AvgIpc) is 2.76. The van der Waals surface area contributed by atoms with Gasteiger partial charge in [-0.3, -0.25) is 9.48 Å². The van der Waals surface area contributed by atoms with Crippen LogP contribution in [0.5, 0.6) is 5.88 Å². The van der Waals surface area contributed by atoms with Crippen molar-refractivity contribution in [1.29, 1.82) is 0 Å². The lowest BCUT2D eigenvalue weighted by atomic mass is 10.1. The Bertz CT molecular complexity index is 660. The van der Waals surface area contributed by atoms with Crippen LogP contribution in [-0.2, 0) is 18.3 Å². The molecule has 1 N–H and O–H groups in total. The molecule has 1 aromatic heterocycles. The van der Waals surface area contributed by atoms with Crippen LogP contribution in [-0.4, -0.2) is 41.8 Å². The van der Waals surface area contributed by atoms with Gasteiger partial charge in [-0.2, -0.15) is 0 Å². The minimum absolute atomic E-state index is 0.0884. The van der Waals surface area contributed by atoms with E-state index in [1.807, 2.05) is 38.2 Å². The molecule has 0 saturated heterocycles. The van der Waals surface area contributed by atoms with Gasteiger partial charge in [-0.15, -0.1) is 5.10 Å². The van der Waals surface area contributed by atoms with Crippen molar-refractivity contribution in [3.8, 4) is 5.88 Å². The molecule has 0 radical (unpaired) electrons. The number of hydrogen-bond acceptors (Lipinski definition) is 4. The van der Waals surface area contributed by atoms with Crippen molar-refractivity contribution >= 4 is 17.3 Å². The van der Waals surface area contributed by atoms with Crippen LogP contribution in [0.1, 0.15) is 11.3 Å². The number of nitrogens with zero attached hydrogens (tertiary/aromatic N) is 3. The number of carbonyl (C=O) groups excluding carboxylic acids is 1. The molecule has 6 nitrogen and oxygen atoms in total. The number of aryl methyl sites for hydroxylation is 1. The van der Waals surface area contributed by atoms with Crippen molar-refractivity contribution in [2.45, 2.75) is 13.3 Å². The number of carbonyl (C=O) groups is 1. The van der Waals surface area contributed by atoms with Gasteiger partial charge in [0.1, 0.15) is 5.69 Å². The number of anilines is 2. The topological polar surface area (TPSA) is 59.4 Å². The van der Waals surface area contributed by atoms with E-state index in [2.05, 4.69) is 10.4 Å². The summed E-state index contributed by atoms with van der Waals surface area (Å²) < 4.78 is 7.05. The SMILES string of the molecule is COc1nn(C)c(C)c1Nc1ccc(CC(=O)N(C)C)cc1. The number of methoxy groups -OCH3 is 1. The smallest absolute Gasteiger partial charge is 0.256 e. The maximum absolute atomic E-state index is 11.7. The van der Waals surface area contributed by atoms with E-state index in [1.165, 1.54) is 0 Å². The lowest BCUT2D eigenvalue weighted by Crippen LogP contribution is -2.23. The summed E-state index contributed by atoms with van der Waals surface area (Å²) in [5.41, 5.74) is 3.75. The summed E-state index contributed by atoms with van der Waals surface area (Å²) in [6, 6.07) is 7.79. The van der Waals surface area contributed by atoms with Crippen molar-refractivity contribution in [2.75, 3.05) is 26.5 Å². The summed E-state index contributed by atoms with van der Waals surface area (Å²) in [5, 5.41) is 7.60. The highest BCUT2D eigenvalue weighted by Crippen LogP contribution is 2.29. The Morgan fingerprint density at radius 1 is 1.32 bits per heavy atom. The van der Waals surface area contributed by atoms with Crippen LogP contribution in [0, 0.1) is 6.92 Å². The van der Waals surface area contributed by atoms with Gasteiger partial charge in [0.15, 0.2) is 0 Å². The molecule has 22 heavy (non-hydrogen) atoms. The van der Waals surface area contributed by atoms with Crippen molar-refractivity contribution < 1.29 is 9.53 Å². The highest BCUT2D eigenvalue weighted by Gasteiger charge is 2.13. The minimum atomic E-state index is 0.0884. The number of ether oxygens (including phenoxy) is 1. The Labute approximate surface area is 130 Å². The largest absolute Gasteiger partial charge is 0.478 e. The standard InChI is InChI=1S/C16H22N4O2/c1-11-15(16(22-5)18-20(11)4)17-13-8-6-12(7-9-13)10-14(21)19(2)3/h6-9,17H,10H2,1-5H3. The van der Waals surface area contributed by atoms with Gasteiger partial charge < -0.3 is 15.0 Å². The fourth-order valence-electron chi connectivity index (χ4n) is 2.05. The van der Waals surface area contributed by atoms with E-state index in [0.717, 1.165) is 22.6 Å². The van der Waals surface area contributed by atoms with Gasteiger partial charge in [-0.1, -0.05) is 12.1 Å². The van der Waals surface area contributed by atoms with Gasteiger partial charge in [0.05, 0.1) is 19.2 Å². The van der Waals surface area contributed by atoms with E-state index in [-0.39, 0.29) is 5.91 Å². The van der Waals surface area contributed by atoms with Crippen LogP contribution >= 0.6 is 0 Å². The average molecular weight is 302 g/mol. The number of likely N-dealkylation sites (N-methyl/N-ethyl adjacent to an activating group) is 1. The molecule has 0 bridgehead atoms. The molecule has 6 heteroatoms. The second-order valence-corrected chi connectivity index (χ2v) is 5.38. The van der Waals surface area contributed by atoms with Crippen molar-refractivity contribution in [2.24, 2.45) is 7.05 Å². The molecule has 0 aliphatic heterocycles. The summed E-state index contributed by atoms with van der Waals surface area (Å²) >= 11 is 0. The predicted octanol–water partition coefficient (Wildman–Crippen LogP) is 2.11. The molecule has 1 heterocycles. The van der Waals surface area contributed by atoms with Crippen LogP contribution in [0.2, 0.25) is 0 Å². The number of aromatic nitrogens is 2. The molecule has 1 aromatic carbocycles. The zero-order valence-electron chi connectivity index (χ0n) is 13.7. The highest BCUT2D eigenvalue weighted by molar-refractivity contribution is 5.78. The monoisotopic (exact) mass is 302 g/mol. The third-order valence-corrected chi connectivity index (χ3v) is 3.57. The molecule has 0 spiro atoms. The van der Waals surface area contributed by atoms with Gasteiger partial charge in [-0.25, -0.2) is 0 Å². The maximum Gasteiger partial charge on any atom is 0.256 e. The van der Waals surface area contributed by atoms with Crippen LogP contribution < -0.4 is 10.1 Å². The van der Waals surface area contributed by atoms with E-state index in [4.69, 9.17) is 4.74 Å². The van der Waals surface area contributed by atoms with Gasteiger partial charge in [0.2, 0.25) is 5.91 Å². The van der Waals surface area contributed by atoms with Crippen LogP contribution in [0.15, 0.2) is 24.3 Å². The fourth-order valence-corrected chi connectivity index (χ4v) is 2.05. The first-order valence-corrected chi connectivity index (χ1v) is 7.06. The van der Waals surface area contributed by atoms with Crippen LogP contribution in [0.25, 0.3) is 0 Å². The first-order valence-electron chi connectivity index (χ1n) is 7.06. The zero-order valence-corrected chi connectivity index (χ0v) is 13.7. The molecule has 0 aliphatic rings. The van der Waals surface area contributed by atoms with Gasteiger partial charge in [0, 0.05) is 26.8 Å². The van der Waals surface area contributed by atoms with Crippen molar-refractivity contribution in [1.82, 2.24) is 14.7 Å². The molecule has 0 unspecified atom stereocenters. The molecule has 0 saturated carbocycles. The summed E-state index contributed by atoms with van der Waals surface area (Å²) in [5.74, 6) is 0.650. The van der Waals surface area contributed by atoms with Crippen LogP contribution in [0.4, 0.5) is 11.4 Å². The van der Waals surface area contributed by atoms with Crippen molar-refractivity contribution in [3.63, 3.8) is 0 Å². The third kappa shape index (κ3) is 3.39. The summed E-state index contributed by atoms with van der Waals surface area (Å²) in [7, 11) is 6.99. The van der Waals surface area contributed by atoms with E-state index < -0.39 is 0 Å². The van der Waals surface area contributed by atoms with E-state index in [0.29, 0.717) is 12.3 Å². The number of rotatable bonds is 5. The lowest BCUT2D eigenvalue weighted by Gasteiger charge is -2.11. The number of benzene rings is 1. The first kappa shape index (κ1) is 15.9. The molecule has 118 valence electrons. The Morgan fingerprint density at radius 2 is 1.95 bits per heavy atom. The molecule has 0 fully saturated rings. The van der Waals surface area contributed by atoms with Crippen LogP contribution in [0.3, 0.4) is 0 Å². The molecular formula is C16H22N4O2.